The van der Waals surface area contributed by atoms with E-state index in [1.807, 2.05) is 50.3 Å². The van der Waals surface area contributed by atoms with Gasteiger partial charge < -0.3 is 10.6 Å². The van der Waals surface area contributed by atoms with Crippen molar-refractivity contribution in [3.63, 3.8) is 0 Å². The number of nitrogens with one attached hydrogen (secondary N) is 2. The van der Waals surface area contributed by atoms with Crippen molar-refractivity contribution in [1.29, 1.82) is 0 Å². The SMILES string of the molecule is CC=C(C)NC(=O)Nc1ccccc1. The molecular formula is C11H14N2O. The highest BCUT2D eigenvalue weighted by Crippen LogP contribution is 2.04. The largest absolute Gasteiger partial charge is 0.323 e. The van der Waals surface area contributed by atoms with Crippen LogP contribution >= 0.6 is 0 Å². The molecule has 2 amide bonds. The number of benzene rings is 1. The molecule has 0 bridgehead atoms. The standard InChI is InChI=1S/C11H14N2O/c1-3-9(2)12-11(14)13-10-7-5-4-6-8-10/h3-8H,1-2H3,(H2,12,13,14). The summed E-state index contributed by atoms with van der Waals surface area (Å²) in [5.74, 6) is 0. The van der Waals surface area contributed by atoms with Crippen molar-refractivity contribution in [2.24, 2.45) is 0 Å². The van der Waals surface area contributed by atoms with Crippen LogP contribution in [0.4, 0.5) is 10.5 Å². The number of carbonyl (C=O) groups excluding carboxylic acids is 1. The van der Waals surface area contributed by atoms with Crippen LogP contribution in [-0.4, -0.2) is 6.03 Å². The molecule has 0 saturated heterocycles. The smallest absolute Gasteiger partial charge is 0.312 e. The molecule has 0 atom stereocenters. The van der Waals surface area contributed by atoms with Crippen molar-refractivity contribution in [3.8, 4) is 0 Å². The molecule has 0 radical (unpaired) electrons. The van der Waals surface area contributed by atoms with Gasteiger partial charge in [-0.3, -0.25) is 0 Å². The Kier molecular flexibility index (Phi) is 3.73. The minimum absolute atomic E-state index is 0.216. The number of amides is 2. The quantitative estimate of drug-likeness (QED) is 0.739. The molecule has 3 nitrogen and oxygen atoms in total. The van der Waals surface area contributed by atoms with Gasteiger partial charge in [-0.1, -0.05) is 24.3 Å². The normalized spacial score (nSPS) is 10.9. The first-order valence-corrected chi connectivity index (χ1v) is 4.48. The van der Waals surface area contributed by atoms with E-state index in [0.717, 1.165) is 11.4 Å². The van der Waals surface area contributed by atoms with Crippen LogP contribution in [0.1, 0.15) is 13.8 Å². The summed E-state index contributed by atoms with van der Waals surface area (Å²) in [7, 11) is 0. The molecule has 0 spiro atoms. The van der Waals surface area contributed by atoms with Gasteiger partial charge in [-0.2, -0.15) is 0 Å². The molecule has 74 valence electrons. The molecule has 1 aromatic rings. The van der Waals surface area contributed by atoms with Gasteiger partial charge in [0.05, 0.1) is 0 Å². The zero-order valence-corrected chi connectivity index (χ0v) is 8.37. The highest BCUT2D eigenvalue weighted by molar-refractivity contribution is 5.90. The number of anilines is 1. The summed E-state index contributed by atoms with van der Waals surface area (Å²) >= 11 is 0. The molecule has 0 saturated carbocycles. The molecule has 0 unspecified atom stereocenters. The fourth-order valence-corrected chi connectivity index (χ4v) is 0.935. The van der Waals surface area contributed by atoms with E-state index in [1.165, 1.54) is 0 Å². The number of rotatable bonds is 2. The lowest BCUT2D eigenvalue weighted by atomic mass is 10.3. The Hall–Kier alpha value is -1.77. The van der Waals surface area contributed by atoms with Crippen molar-refractivity contribution in [3.05, 3.63) is 42.1 Å². The van der Waals surface area contributed by atoms with Crippen LogP contribution < -0.4 is 10.6 Å². The molecule has 0 aromatic heterocycles. The van der Waals surface area contributed by atoms with Crippen molar-refractivity contribution in [2.45, 2.75) is 13.8 Å². The third-order valence-electron chi connectivity index (χ3n) is 1.78. The molecule has 1 aromatic carbocycles. The lowest BCUT2D eigenvalue weighted by Gasteiger charge is -2.06. The third kappa shape index (κ3) is 3.31. The Morgan fingerprint density at radius 3 is 2.50 bits per heavy atom. The van der Waals surface area contributed by atoms with E-state index < -0.39 is 0 Å². The van der Waals surface area contributed by atoms with Crippen molar-refractivity contribution in [1.82, 2.24) is 5.32 Å². The second kappa shape index (κ2) is 5.07. The molecule has 0 aliphatic carbocycles. The fourth-order valence-electron chi connectivity index (χ4n) is 0.935. The second-order valence-corrected chi connectivity index (χ2v) is 2.92. The van der Waals surface area contributed by atoms with Gasteiger partial charge in [-0.25, -0.2) is 4.79 Å². The average Bonchev–Trinajstić information content (AvgIpc) is 2.19. The number of carbonyl (C=O) groups is 1. The molecule has 0 heterocycles. The molecular weight excluding hydrogens is 176 g/mol. The van der Waals surface area contributed by atoms with Crippen LogP contribution in [0.2, 0.25) is 0 Å². The zero-order valence-electron chi connectivity index (χ0n) is 8.37. The lowest BCUT2D eigenvalue weighted by Crippen LogP contribution is -2.26. The van der Waals surface area contributed by atoms with Gasteiger partial charge in [0, 0.05) is 11.4 Å². The van der Waals surface area contributed by atoms with Gasteiger partial charge in [0.1, 0.15) is 0 Å². The first-order chi connectivity index (χ1) is 6.72. The van der Waals surface area contributed by atoms with Gasteiger partial charge in [0.15, 0.2) is 0 Å². The van der Waals surface area contributed by atoms with E-state index in [9.17, 15) is 4.79 Å². The first kappa shape index (κ1) is 10.3. The Labute approximate surface area is 83.8 Å². The van der Waals surface area contributed by atoms with Gasteiger partial charge in [-0.15, -0.1) is 0 Å². The zero-order chi connectivity index (χ0) is 10.4. The first-order valence-electron chi connectivity index (χ1n) is 4.48. The Morgan fingerprint density at radius 2 is 1.93 bits per heavy atom. The number of hydrogen-bond donors (Lipinski definition) is 2. The van der Waals surface area contributed by atoms with Crippen LogP contribution in [0.3, 0.4) is 0 Å². The maximum Gasteiger partial charge on any atom is 0.323 e. The van der Waals surface area contributed by atoms with Gasteiger partial charge >= 0.3 is 6.03 Å². The molecule has 0 aliphatic heterocycles. The summed E-state index contributed by atoms with van der Waals surface area (Å²) in [5, 5.41) is 5.41. The summed E-state index contributed by atoms with van der Waals surface area (Å²) in [6.45, 7) is 3.71. The van der Waals surface area contributed by atoms with E-state index in [-0.39, 0.29) is 6.03 Å². The van der Waals surface area contributed by atoms with Crippen LogP contribution in [0, 0.1) is 0 Å². The Morgan fingerprint density at radius 1 is 1.29 bits per heavy atom. The predicted octanol–water partition coefficient (Wildman–Crippen LogP) is 2.73. The van der Waals surface area contributed by atoms with Crippen LogP contribution in [0.15, 0.2) is 42.1 Å². The number of urea groups is 1. The minimum Gasteiger partial charge on any atom is -0.312 e. The lowest BCUT2D eigenvalue weighted by molar-refractivity contribution is 0.254. The molecule has 3 heteroatoms. The van der Waals surface area contributed by atoms with E-state index in [0.29, 0.717) is 0 Å². The van der Waals surface area contributed by atoms with E-state index >= 15 is 0 Å². The maximum absolute atomic E-state index is 11.3. The van der Waals surface area contributed by atoms with Crippen LogP contribution in [0.5, 0.6) is 0 Å². The van der Waals surface area contributed by atoms with E-state index in [4.69, 9.17) is 0 Å². The minimum atomic E-state index is -0.216. The number of allylic oxidation sites excluding steroid dienone is 2. The molecule has 0 aliphatic rings. The average molecular weight is 190 g/mol. The van der Waals surface area contributed by atoms with E-state index in [1.54, 1.807) is 0 Å². The van der Waals surface area contributed by atoms with Crippen molar-refractivity contribution >= 4 is 11.7 Å². The third-order valence-corrected chi connectivity index (χ3v) is 1.78. The van der Waals surface area contributed by atoms with Gasteiger partial charge in [0.2, 0.25) is 0 Å². The summed E-state index contributed by atoms with van der Waals surface area (Å²) in [5.41, 5.74) is 1.62. The fraction of sp³-hybridized carbons (Fsp3) is 0.182. The number of hydrogen-bond acceptors (Lipinski definition) is 1. The Bertz CT molecular complexity index is 330. The summed E-state index contributed by atoms with van der Waals surface area (Å²) in [6.07, 6.45) is 1.84. The second-order valence-electron chi connectivity index (χ2n) is 2.92. The van der Waals surface area contributed by atoms with E-state index in [2.05, 4.69) is 10.6 Å². The number of para-hydroxylation sites is 1. The molecule has 0 fully saturated rings. The van der Waals surface area contributed by atoms with Crippen molar-refractivity contribution in [2.75, 3.05) is 5.32 Å². The molecule has 2 N–H and O–H groups in total. The molecule has 1 rings (SSSR count). The summed E-state index contributed by atoms with van der Waals surface area (Å²) in [6, 6.07) is 9.11. The highest BCUT2D eigenvalue weighted by Gasteiger charge is 1.99. The Balaban J connectivity index is 2.50. The van der Waals surface area contributed by atoms with Crippen LogP contribution in [-0.2, 0) is 0 Å². The maximum atomic E-state index is 11.3. The topological polar surface area (TPSA) is 41.1 Å². The molecule has 14 heavy (non-hydrogen) atoms. The predicted molar refractivity (Wildman–Crippen MR) is 58.0 cm³/mol. The highest BCUT2D eigenvalue weighted by atomic mass is 16.2. The summed E-state index contributed by atoms with van der Waals surface area (Å²) in [4.78, 5) is 11.3. The van der Waals surface area contributed by atoms with Crippen molar-refractivity contribution < 1.29 is 4.79 Å². The van der Waals surface area contributed by atoms with Gasteiger partial charge in [-0.05, 0) is 26.0 Å². The summed E-state index contributed by atoms with van der Waals surface area (Å²) < 4.78 is 0. The monoisotopic (exact) mass is 190 g/mol. The van der Waals surface area contributed by atoms with Crippen LogP contribution in [0.25, 0.3) is 0 Å². The van der Waals surface area contributed by atoms with Gasteiger partial charge in [0.25, 0.3) is 0 Å².